The van der Waals surface area contributed by atoms with E-state index < -0.39 is 10.0 Å². The Morgan fingerprint density at radius 3 is 2.52 bits per heavy atom. The number of ether oxygens (including phenoxy) is 2. The minimum absolute atomic E-state index is 0.248. The van der Waals surface area contributed by atoms with E-state index in [0.717, 1.165) is 22.4 Å². The first-order valence-corrected chi connectivity index (χ1v) is 10.8. The molecule has 0 spiro atoms. The number of aromatic nitrogens is 1. The minimum atomic E-state index is -3.64. The van der Waals surface area contributed by atoms with Crippen LogP contribution < -0.4 is 9.47 Å². The van der Waals surface area contributed by atoms with Crippen molar-refractivity contribution in [2.45, 2.75) is 18.4 Å². The molecule has 0 amide bonds. The summed E-state index contributed by atoms with van der Waals surface area (Å²) in [7, 11) is -2.06. The number of benzene rings is 2. The number of nitrogens with zero attached hydrogens (tertiary/aromatic N) is 2. The van der Waals surface area contributed by atoms with E-state index in [0.29, 0.717) is 24.7 Å². The molecular formula is C22H22N2O4S. The minimum Gasteiger partial charge on any atom is -0.486 e. The molecule has 0 unspecified atom stereocenters. The van der Waals surface area contributed by atoms with Crippen LogP contribution in [0.3, 0.4) is 0 Å². The quantitative estimate of drug-likeness (QED) is 0.642. The van der Waals surface area contributed by atoms with Gasteiger partial charge in [-0.1, -0.05) is 18.2 Å². The summed E-state index contributed by atoms with van der Waals surface area (Å²) in [6.07, 6.45) is 1.69. The molecule has 0 fully saturated rings. The van der Waals surface area contributed by atoms with Gasteiger partial charge in [-0.15, -0.1) is 0 Å². The molecule has 0 N–H and O–H groups in total. The Bertz CT molecular complexity index is 1150. The number of hydrogen-bond donors (Lipinski definition) is 0. The Morgan fingerprint density at radius 1 is 0.966 bits per heavy atom. The van der Waals surface area contributed by atoms with Gasteiger partial charge in [0.2, 0.25) is 10.0 Å². The van der Waals surface area contributed by atoms with Crippen LogP contribution in [0.2, 0.25) is 0 Å². The standard InChI is InChI=1S/C22H22N2O4S/c1-16-12-17(8-9-23-16)15-24(2)29(25,26)20-5-3-4-18(13-20)19-6-7-21-22(14-19)28-11-10-27-21/h3-9,12-14H,10-11,15H2,1-2H3. The smallest absolute Gasteiger partial charge is 0.243 e. The van der Waals surface area contributed by atoms with Crippen LogP contribution in [0.25, 0.3) is 11.1 Å². The van der Waals surface area contributed by atoms with Crippen LogP contribution in [-0.4, -0.2) is 38.0 Å². The van der Waals surface area contributed by atoms with Crippen LogP contribution in [0.1, 0.15) is 11.3 Å². The number of pyridine rings is 1. The van der Waals surface area contributed by atoms with E-state index in [4.69, 9.17) is 9.47 Å². The first-order chi connectivity index (χ1) is 13.9. The van der Waals surface area contributed by atoms with Gasteiger partial charge in [0.1, 0.15) is 13.2 Å². The Labute approximate surface area is 170 Å². The van der Waals surface area contributed by atoms with Crippen LogP contribution in [-0.2, 0) is 16.6 Å². The Kier molecular flexibility index (Phi) is 5.25. The van der Waals surface area contributed by atoms with E-state index in [1.54, 1.807) is 31.4 Å². The molecule has 0 radical (unpaired) electrons. The second-order valence-corrected chi connectivity index (χ2v) is 9.00. The van der Waals surface area contributed by atoms with Crippen molar-refractivity contribution in [2.24, 2.45) is 0 Å². The SMILES string of the molecule is Cc1cc(CN(C)S(=O)(=O)c2cccc(-c3ccc4c(c3)OCCO4)c2)ccn1. The van der Waals surface area contributed by atoms with Crippen molar-refractivity contribution in [1.82, 2.24) is 9.29 Å². The molecule has 1 aromatic heterocycles. The molecule has 0 bridgehead atoms. The summed E-state index contributed by atoms with van der Waals surface area (Å²) in [6, 6.07) is 16.3. The Morgan fingerprint density at radius 2 is 1.72 bits per heavy atom. The number of fused-ring (bicyclic) bond motifs is 1. The first-order valence-electron chi connectivity index (χ1n) is 9.31. The molecule has 150 valence electrons. The maximum absolute atomic E-state index is 13.1. The molecule has 6 nitrogen and oxygen atoms in total. The van der Waals surface area contributed by atoms with E-state index in [1.807, 2.05) is 43.3 Å². The van der Waals surface area contributed by atoms with Crippen LogP contribution >= 0.6 is 0 Å². The van der Waals surface area contributed by atoms with Gasteiger partial charge >= 0.3 is 0 Å². The van der Waals surface area contributed by atoms with Gasteiger partial charge in [0.15, 0.2) is 11.5 Å². The van der Waals surface area contributed by atoms with Gasteiger partial charge in [-0.2, -0.15) is 4.31 Å². The molecule has 4 rings (SSSR count). The van der Waals surface area contributed by atoms with Crippen molar-refractivity contribution in [2.75, 3.05) is 20.3 Å². The molecular weight excluding hydrogens is 388 g/mol. The monoisotopic (exact) mass is 410 g/mol. The largest absolute Gasteiger partial charge is 0.486 e. The summed E-state index contributed by atoms with van der Waals surface area (Å²) in [5, 5.41) is 0. The van der Waals surface area contributed by atoms with E-state index in [1.165, 1.54) is 4.31 Å². The molecule has 3 aromatic rings. The maximum atomic E-state index is 13.1. The Hall–Kier alpha value is -2.90. The van der Waals surface area contributed by atoms with Crippen molar-refractivity contribution in [1.29, 1.82) is 0 Å². The molecule has 2 heterocycles. The molecule has 0 saturated carbocycles. The van der Waals surface area contributed by atoms with E-state index in [2.05, 4.69) is 4.98 Å². The van der Waals surface area contributed by atoms with Crippen molar-refractivity contribution >= 4 is 10.0 Å². The van der Waals surface area contributed by atoms with E-state index in [-0.39, 0.29) is 11.4 Å². The van der Waals surface area contributed by atoms with Gasteiger partial charge in [-0.05, 0) is 60.0 Å². The first kappa shape index (κ1) is 19.4. The van der Waals surface area contributed by atoms with E-state index in [9.17, 15) is 8.42 Å². The highest BCUT2D eigenvalue weighted by atomic mass is 32.2. The van der Waals surface area contributed by atoms with Gasteiger partial charge in [0, 0.05) is 25.5 Å². The predicted octanol–water partition coefficient (Wildman–Crippen LogP) is 3.65. The summed E-state index contributed by atoms with van der Waals surface area (Å²) in [5.74, 6) is 1.38. The molecule has 1 aliphatic heterocycles. The van der Waals surface area contributed by atoms with Crippen molar-refractivity contribution in [3.05, 3.63) is 72.1 Å². The number of aryl methyl sites for hydroxylation is 1. The third-order valence-electron chi connectivity index (χ3n) is 4.78. The lowest BCUT2D eigenvalue weighted by molar-refractivity contribution is 0.171. The fourth-order valence-electron chi connectivity index (χ4n) is 3.28. The molecule has 0 saturated heterocycles. The zero-order valence-corrected chi connectivity index (χ0v) is 17.1. The summed E-state index contributed by atoms with van der Waals surface area (Å²) in [4.78, 5) is 4.40. The highest BCUT2D eigenvalue weighted by molar-refractivity contribution is 7.89. The van der Waals surface area contributed by atoms with Crippen molar-refractivity contribution < 1.29 is 17.9 Å². The summed E-state index contributed by atoms with van der Waals surface area (Å²) in [5.41, 5.74) is 3.43. The summed E-state index contributed by atoms with van der Waals surface area (Å²) >= 11 is 0. The summed E-state index contributed by atoms with van der Waals surface area (Å²) < 4.78 is 38.8. The van der Waals surface area contributed by atoms with Crippen LogP contribution in [0.4, 0.5) is 0 Å². The average Bonchev–Trinajstić information content (AvgIpc) is 2.73. The topological polar surface area (TPSA) is 68.7 Å². The highest BCUT2D eigenvalue weighted by Gasteiger charge is 2.22. The molecule has 7 heteroatoms. The molecule has 1 aliphatic rings. The third-order valence-corrected chi connectivity index (χ3v) is 6.58. The maximum Gasteiger partial charge on any atom is 0.243 e. The molecule has 0 aliphatic carbocycles. The van der Waals surface area contributed by atoms with Crippen LogP contribution in [0.5, 0.6) is 11.5 Å². The Balaban J connectivity index is 1.62. The van der Waals surface area contributed by atoms with Gasteiger partial charge in [-0.25, -0.2) is 8.42 Å². The van der Waals surface area contributed by atoms with Crippen LogP contribution in [0.15, 0.2) is 65.7 Å². The van der Waals surface area contributed by atoms with E-state index >= 15 is 0 Å². The second kappa shape index (κ2) is 7.85. The molecule has 0 atom stereocenters. The zero-order valence-electron chi connectivity index (χ0n) is 16.3. The fraction of sp³-hybridized carbons (Fsp3) is 0.227. The lowest BCUT2D eigenvalue weighted by atomic mass is 10.1. The fourth-order valence-corrected chi connectivity index (χ4v) is 4.49. The highest BCUT2D eigenvalue weighted by Crippen LogP contribution is 2.35. The van der Waals surface area contributed by atoms with Crippen LogP contribution in [0, 0.1) is 6.92 Å². The van der Waals surface area contributed by atoms with Gasteiger partial charge < -0.3 is 9.47 Å². The lowest BCUT2D eigenvalue weighted by Gasteiger charge is -2.20. The van der Waals surface area contributed by atoms with Gasteiger partial charge in [0.25, 0.3) is 0 Å². The average molecular weight is 410 g/mol. The summed E-state index contributed by atoms with van der Waals surface area (Å²) in [6.45, 7) is 3.20. The normalized spacial score (nSPS) is 13.5. The zero-order chi connectivity index (χ0) is 20.4. The second-order valence-electron chi connectivity index (χ2n) is 6.95. The number of sulfonamides is 1. The predicted molar refractivity (Wildman–Crippen MR) is 110 cm³/mol. The molecule has 29 heavy (non-hydrogen) atoms. The number of hydrogen-bond acceptors (Lipinski definition) is 5. The third kappa shape index (κ3) is 4.11. The van der Waals surface area contributed by atoms with Gasteiger partial charge in [0.05, 0.1) is 4.90 Å². The lowest BCUT2D eigenvalue weighted by Crippen LogP contribution is -2.26. The van der Waals surface area contributed by atoms with Crippen molar-refractivity contribution in [3.63, 3.8) is 0 Å². The van der Waals surface area contributed by atoms with Gasteiger partial charge in [-0.3, -0.25) is 4.98 Å². The molecule has 2 aromatic carbocycles. The number of rotatable bonds is 5. The van der Waals surface area contributed by atoms with Crippen molar-refractivity contribution in [3.8, 4) is 22.6 Å².